The number of ether oxygens (including phenoxy) is 1. The summed E-state index contributed by atoms with van der Waals surface area (Å²) in [5.41, 5.74) is 1.37. The second-order valence-electron chi connectivity index (χ2n) is 4.40. The summed E-state index contributed by atoms with van der Waals surface area (Å²) in [6.07, 6.45) is 3.09. The summed E-state index contributed by atoms with van der Waals surface area (Å²) in [6.45, 7) is 2.06. The summed E-state index contributed by atoms with van der Waals surface area (Å²) in [7, 11) is 0. The van der Waals surface area contributed by atoms with Crippen molar-refractivity contribution >= 4 is 41.1 Å². The maximum absolute atomic E-state index is 12.1. The molecule has 0 aliphatic heterocycles. The number of hydrogen-bond donors (Lipinski definition) is 0. The van der Waals surface area contributed by atoms with Crippen molar-refractivity contribution in [2.24, 2.45) is 4.99 Å². The van der Waals surface area contributed by atoms with E-state index in [1.54, 1.807) is 49.5 Å². The van der Waals surface area contributed by atoms with E-state index in [2.05, 4.69) is 9.98 Å². The van der Waals surface area contributed by atoms with Gasteiger partial charge < -0.3 is 4.74 Å². The van der Waals surface area contributed by atoms with Gasteiger partial charge in [0.15, 0.2) is 0 Å². The average Bonchev–Trinajstić information content (AvgIpc) is 2.49. The van der Waals surface area contributed by atoms with E-state index in [0.29, 0.717) is 22.5 Å². The van der Waals surface area contributed by atoms with Crippen LogP contribution in [0.5, 0.6) is 0 Å². The molecule has 0 aliphatic rings. The molecule has 6 heteroatoms. The van der Waals surface area contributed by atoms with Gasteiger partial charge in [0.05, 0.1) is 12.3 Å². The van der Waals surface area contributed by atoms with E-state index in [4.69, 9.17) is 27.9 Å². The first-order valence-corrected chi connectivity index (χ1v) is 7.43. The molecule has 0 fully saturated rings. The van der Waals surface area contributed by atoms with E-state index in [-0.39, 0.29) is 5.97 Å². The maximum Gasteiger partial charge on any atom is 0.318 e. The lowest BCUT2D eigenvalue weighted by molar-refractivity contribution is -0.143. The Balaban J connectivity index is 2.28. The fraction of sp³-hybridized carbons (Fsp3) is 0.188. The molecular formula is C16H14Cl2N2O2. The van der Waals surface area contributed by atoms with Gasteiger partial charge in [0, 0.05) is 23.5 Å². The average molecular weight is 337 g/mol. The number of carbonyl (C=O) groups excluding carboxylic acids is 1. The zero-order valence-electron chi connectivity index (χ0n) is 11.9. The van der Waals surface area contributed by atoms with Gasteiger partial charge in [0.25, 0.3) is 0 Å². The standard InChI is InChI=1S/C16H14Cl2N2O2/c1-2-22-16(21)14(11-3-5-12(17)6-4-11)10-20-13-7-8-19-15(18)9-13/h3-10,14H,2H2,1H3. The number of rotatable bonds is 5. The van der Waals surface area contributed by atoms with Crippen LogP contribution in [0.15, 0.2) is 47.6 Å². The number of nitrogens with zero attached hydrogens (tertiary/aromatic N) is 2. The number of pyridine rings is 1. The molecule has 4 nitrogen and oxygen atoms in total. The molecule has 1 unspecified atom stereocenters. The van der Waals surface area contributed by atoms with Gasteiger partial charge in [-0.2, -0.15) is 0 Å². The van der Waals surface area contributed by atoms with E-state index in [1.807, 2.05) is 0 Å². The van der Waals surface area contributed by atoms with Crippen LogP contribution < -0.4 is 0 Å². The van der Waals surface area contributed by atoms with Crippen molar-refractivity contribution < 1.29 is 9.53 Å². The summed E-state index contributed by atoms with van der Waals surface area (Å²) in [4.78, 5) is 20.3. The van der Waals surface area contributed by atoms with Crippen molar-refractivity contribution in [2.75, 3.05) is 6.61 Å². The Labute approximate surface area is 138 Å². The van der Waals surface area contributed by atoms with Crippen LogP contribution in [0.2, 0.25) is 10.2 Å². The first-order chi connectivity index (χ1) is 10.6. The van der Waals surface area contributed by atoms with Crippen LogP contribution in [-0.4, -0.2) is 23.8 Å². The summed E-state index contributed by atoms with van der Waals surface area (Å²) >= 11 is 11.7. The van der Waals surface area contributed by atoms with Crippen molar-refractivity contribution in [3.63, 3.8) is 0 Å². The number of benzene rings is 1. The molecule has 0 bridgehead atoms. The molecule has 0 amide bonds. The van der Waals surface area contributed by atoms with Crippen LogP contribution in [0.25, 0.3) is 0 Å². The third kappa shape index (κ3) is 4.55. The van der Waals surface area contributed by atoms with Gasteiger partial charge in [-0.25, -0.2) is 4.98 Å². The molecule has 22 heavy (non-hydrogen) atoms. The predicted octanol–water partition coefficient (Wildman–Crippen LogP) is 4.44. The lowest BCUT2D eigenvalue weighted by atomic mass is 10.0. The second-order valence-corrected chi connectivity index (χ2v) is 5.22. The molecule has 0 aliphatic carbocycles. The highest BCUT2D eigenvalue weighted by atomic mass is 35.5. The van der Waals surface area contributed by atoms with Crippen LogP contribution in [0.1, 0.15) is 18.4 Å². The molecule has 0 spiro atoms. The third-order valence-corrected chi connectivity index (χ3v) is 3.31. The van der Waals surface area contributed by atoms with Crippen LogP contribution in [-0.2, 0) is 9.53 Å². The van der Waals surface area contributed by atoms with Crippen LogP contribution in [0, 0.1) is 0 Å². The number of halogens is 2. The Hall–Kier alpha value is -1.91. The Morgan fingerprint density at radius 1 is 1.32 bits per heavy atom. The van der Waals surface area contributed by atoms with Gasteiger partial charge in [-0.05, 0) is 30.7 Å². The van der Waals surface area contributed by atoms with Gasteiger partial charge in [-0.15, -0.1) is 0 Å². The number of aliphatic imine (C=N–C) groups is 1. The second kappa shape index (κ2) is 7.92. The molecule has 0 saturated carbocycles. The van der Waals surface area contributed by atoms with Crippen molar-refractivity contribution in [2.45, 2.75) is 12.8 Å². The minimum absolute atomic E-state index is 0.303. The van der Waals surface area contributed by atoms with Crippen LogP contribution in [0.3, 0.4) is 0 Å². The van der Waals surface area contributed by atoms with Crippen molar-refractivity contribution in [1.82, 2.24) is 4.98 Å². The molecule has 1 aromatic heterocycles. The third-order valence-electron chi connectivity index (χ3n) is 2.85. The first-order valence-electron chi connectivity index (χ1n) is 6.68. The summed E-state index contributed by atoms with van der Waals surface area (Å²) in [6, 6.07) is 10.3. The first kappa shape index (κ1) is 16.5. The maximum atomic E-state index is 12.1. The zero-order valence-corrected chi connectivity index (χ0v) is 13.4. The molecule has 0 N–H and O–H groups in total. The van der Waals surface area contributed by atoms with E-state index in [0.717, 1.165) is 5.56 Å². The van der Waals surface area contributed by atoms with Gasteiger partial charge in [0.2, 0.25) is 0 Å². The van der Waals surface area contributed by atoms with Crippen molar-refractivity contribution in [3.8, 4) is 0 Å². The van der Waals surface area contributed by atoms with Gasteiger partial charge in [-0.1, -0.05) is 35.3 Å². The monoisotopic (exact) mass is 336 g/mol. The van der Waals surface area contributed by atoms with Crippen LogP contribution in [0.4, 0.5) is 5.69 Å². The quantitative estimate of drug-likeness (QED) is 0.460. The fourth-order valence-corrected chi connectivity index (χ4v) is 2.11. The van der Waals surface area contributed by atoms with Gasteiger partial charge in [-0.3, -0.25) is 9.79 Å². The minimum Gasteiger partial charge on any atom is -0.465 e. The van der Waals surface area contributed by atoms with Gasteiger partial charge in [0.1, 0.15) is 11.1 Å². The summed E-state index contributed by atoms with van der Waals surface area (Å²) < 4.78 is 5.10. The Bertz CT molecular complexity index is 672. The van der Waals surface area contributed by atoms with E-state index >= 15 is 0 Å². The topological polar surface area (TPSA) is 51.5 Å². The molecular weight excluding hydrogens is 323 g/mol. The highest BCUT2D eigenvalue weighted by Gasteiger charge is 2.19. The number of aromatic nitrogens is 1. The zero-order chi connectivity index (χ0) is 15.9. The van der Waals surface area contributed by atoms with E-state index < -0.39 is 5.92 Å². The molecule has 2 rings (SSSR count). The fourth-order valence-electron chi connectivity index (χ4n) is 1.82. The minimum atomic E-state index is -0.607. The highest BCUT2D eigenvalue weighted by molar-refractivity contribution is 6.30. The molecule has 0 saturated heterocycles. The highest BCUT2D eigenvalue weighted by Crippen LogP contribution is 2.21. The molecule has 0 radical (unpaired) electrons. The number of hydrogen-bond acceptors (Lipinski definition) is 4. The summed E-state index contributed by atoms with van der Waals surface area (Å²) in [5, 5.41) is 0.943. The summed E-state index contributed by atoms with van der Waals surface area (Å²) in [5.74, 6) is -0.974. The predicted molar refractivity (Wildman–Crippen MR) is 88.2 cm³/mol. The van der Waals surface area contributed by atoms with E-state index in [1.165, 1.54) is 6.21 Å². The number of esters is 1. The molecule has 1 aromatic carbocycles. The molecule has 2 aromatic rings. The number of carbonyl (C=O) groups is 1. The molecule has 1 atom stereocenters. The smallest absolute Gasteiger partial charge is 0.318 e. The lowest BCUT2D eigenvalue weighted by Gasteiger charge is -2.11. The van der Waals surface area contributed by atoms with E-state index in [9.17, 15) is 4.79 Å². The lowest BCUT2D eigenvalue weighted by Crippen LogP contribution is -2.17. The SMILES string of the molecule is CCOC(=O)C(C=Nc1ccnc(Cl)c1)c1ccc(Cl)cc1. The van der Waals surface area contributed by atoms with Gasteiger partial charge >= 0.3 is 5.97 Å². The van der Waals surface area contributed by atoms with Crippen LogP contribution >= 0.6 is 23.2 Å². The normalized spacial score (nSPS) is 12.3. The van der Waals surface area contributed by atoms with Crippen molar-refractivity contribution in [1.29, 1.82) is 0 Å². The Kier molecular flexibility index (Phi) is 5.92. The Morgan fingerprint density at radius 2 is 2.05 bits per heavy atom. The largest absolute Gasteiger partial charge is 0.465 e. The Morgan fingerprint density at radius 3 is 2.68 bits per heavy atom. The molecule has 114 valence electrons. The molecule has 1 heterocycles. The van der Waals surface area contributed by atoms with Crippen molar-refractivity contribution in [3.05, 3.63) is 58.3 Å².